The van der Waals surface area contributed by atoms with Gasteiger partial charge >= 0.3 is 0 Å². The third-order valence-corrected chi connectivity index (χ3v) is 5.07. The van der Waals surface area contributed by atoms with Crippen molar-refractivity contribution in [2.24, 2.45) is 0 Å². The molecule has 29 heavy (non-hydrogen) atoms. The number of benzene rings is 1. The van der Waals surface area contributed by atoms with Crippen LogP contribution in [0.1, 0.15) is 36.0 Å². The van der Waals surface area contributed by atoms with Crippen molar-refractivity contribution in [1.82, 2.24) is 14.3 Å². The first kappa shape index (κ1) is 18.9. The Kier molecular flexibility index (Phi) is 5.11. The average molecular weight is 397 g/mol. The fourth-order valence-electron chi connectivity index (χ4n) is 3.56. The summed E-state index contributed by atoms with van der Waals surface area (Å²) in [6, 6.07) is 7.17. The van der Waals surface area contributed by atoms with Crippen molar-refractivity contribution < 1.29 is 14.1 Å². The lowest BCUT2D eigenvalue weighted by Crippen LogP contribution is -2.31. The SMILES string of the molecule is O=C(c1ccc(Nc2cnc3ccc(F)cn23)c([N+](=O)[O-])c1)N1CCCCCC1. The average Bonchev–Trinajstić information content (AvgIpc) is 2.92. The van der Waals surface area contributed by atoms with E-state index in [9.17, 15) is 19.3 Å². The summed E-state index contributed by atoms with van der Waals surface area (Å²) in [5.74, 6) is -0.265. The number of likely N-dealkylation sites (tertiary alicyclic amines) is 1. The van der Waals surface area contributed by atoms with Gasteiger partial charge in [0.25, 0.3) is 11.6 Å². The van der Waals surface area contributed by atoms with E-state index in [2.05, 4.69) is 10.3 Å². The maximum Gasteiger partial charge on any atom is 0.293 e. The molecule has 8 nitrogen and oxygen atoms in total. The quantitative estimate of drug-likeness (QED) is 0.528. The Morgan fingerprint density at radius 3 is 2.62 bits per heavy atom. The number of pyridine rings is 1. The van der Waals surface area contributed by atoms with Crippen LogP contribution in [-0.2, 0) is 0 Å². The third-order valence-electron chi connectivity index (χ3n) is 5.07. The molecule has 0 unspecified atom stereocenters. The minimum atomic E-state index is -0.536. The van der Waals surface area contributed by atoms with Crippen molar-refractivity contribution in [3.63, 3.8) is 0 Å². The molecule has 0 spiro atoms. The van der Waals surface area contributed by atoms with Crippen LogP contribution in [-0.4, -0.2) is 38.2 Å². The fraction of sp³-hybridized carbons (Fsp3) is 0.300. The van der Waals surface area contributed by atoms with E-state index in [0.717, 1.165) is 25.7 Å². The molecule has 1 aliphatic rings. The van der Waals surface area contributed by atoms with Gasteiger partial charge in [0, 0.05) is 30.9 Å². The van der Waals surface area contributed by atoms with Crippen LogP contribution in [0.3, 0.4) is 0 Å². The molecule has 0 radical (unpaired) electrons. The molecule has 3 heterocycles. The van der Waals surface area contributed by atoms with Gasteiger partial charge in [0.15, 0.2) is 0 Å². The molecule has 1 aliphatic heterocycles. The number of amides is 1. The van der Waals surface area contributed by atoms with E-state index in [0.29, 0.717) is 24.6 Å². The van der Waals surface area contributed by atoms with Crippen molar-refractivity contribution in [1.29, 1.82) is 0 Å². The molecule has 2 aromatic heterocycles. The van der Waals surface area contributed by atoms with Crippen LogP contribution in [0.5, 0.6) is 0 Å². The number of rotatable bonds is 4. The second-order valence-corrected chi connectivity index (χ2v) is 7.04. The van der Waals surface area contributed by atoms with Crippen LogP contribution in [0.15, 0.2) is 42.7 Å². The summed E-state index contributed by atoms with van der Waals surface area (Å²) in [7, 11) is 0. The topological polar surface area (TPSA) is 92.8 Å². The smallest absolute Gasteiger partial charge is 0.293 e. The number of hydrogen-bond donors (Lipinski definition) is 1. The Hall–Kier alpha value is -3.49. The molecule has 1 amide bonds. The summed E-state index contributed by atoms with van der Waals surface area (Å²) in [5, 5.41) is 14.6. The number of carbonyl (C=O) groups excluding carboxylic acids is 1. The molecule has 4 rings (SSSR count). The van der Waals surface area contributed by atoms with Crippen LogP contribution < -0.4 is 5.32 Å². The van der Waals surface area contributed by atoms with Crippen molar-refractivity contribution in [3.8, 4) is 0 Å². The van der Waals surface area contributed by atoms with E-state index in [1.807, 2.05) is 0 Å². The Balaban J connectivity index is 1.64. The van der Waals surface area contributed by atoms with Crippen LogP contribution in [0.2, 0.25) is 0 Å². The van der Waals surface area contributed by atoms with Gasteiger partial charge < -0.3 is 10.2 Å². The van der Waals surface area contributed by atoms with E-state index in [-0.39, 0.29) is 22.8 Å². The number of nitro groups is 1. The first-order chi connectivity index (χ1) is 14.0. The van der Waals surface area contributed by atoms with Gasteiger partial charge in [-0.2, -0.15) is 0 Å². The van der Waals surface area contributed by atoms with Gasteiger partial charge in [-0.25, -0.2) is 9.37 Å². The number of aromatic nitrogens is 2. The Morgan fingerprint density at radius 2 is 1.90 bits per heavy atom. The highest BCUT2D eigenvalue weighted by Gasteiger charge is 2.22. The number of carbonyl (C=O) groups is 1. The molecule has 1 fully saturated rings. The van der Waals surface area contributed by atoms with E-state index < -0.39 is 10.7 Å². The monoisotopic (exact) mass is 397 g/mol. The maximum atomic E-state index is 13.6. The van der Waals surface area contributed by atoms with Gasteiger partial charge in [0.2, 0.25) is 0 Å². The highest BCUT2D eigenvalue weighted by molar-refractivity contribution is 5.96. The van der Waals surface area contributed by atoms with Gasteiger partial charge in [-0.1, -0.05) is 12.8 Å². The Labute approximate surface area is 166 Å². The first-order valence-corrected chi connectivity index (χ1v) is 9.50. The molecule has 3 aromatic rings. The lowest BCUT2D eigenvalue weighted by molar-refractivity contribution is -0.383. The molecule has 0 saturated carbocycles. The highest BCUT2D eigenvalue weighted by Crippen LogP contribution is 2.30. The fourth-order valence-corrected chi connectivity index (χ4v) is 3.56. The van der Waals surface area contributed by atoms with Crippen LogP contribution in [0.4, 0.5) is 21.6 Å². The summed E-state index contributed by atoms with van der Waals surface area (Å²) < 4.78 is 15.0. The number of fused-ring (bicyclic) bond motifs is 1. The van der Waals surface area contributed by atoms with Gasteiger partial charge in [-0.3, -0.25) is 19.3 Å². The van der Waals surface area contributed by atoms with Gasteiger partial charge in [-0.05, 0) is 37.1 Å². The number of hydrogen-bond acceptors (Lipinski definition) is 5. The van der Waals surface area contributed by atoms with Gasteiger partial charge in [0.1, 0.15) is 23.0 Å². The summed E-state index contributed by atoms with van der Waals surface area (Å²) in [5.41, 5.74) is 0.767. The molecule has 9 heteroatoms. The largest absolute Gasteiger partial charge is 0.339 e. The second-order valence-electron chi connectivity index (χ2n) is 7.04. The summed E-state index contributed by atoms with van der Waals surface area (Å²) in [4.78, 5) is 29.8. The van der Waals surface area contributed by atoms with E-state index in [1.165, 1.54) is 41.1 Å². The van der Waals surface area contributed by atoms with Gasteiger partial charge in [-0.15, -0.1) is 0 Å². The van der Waals surface area contributed by atoms with Gasteiger partial charge in [0.05, 0.1) is 11.1 Å². The molecule has 1 aromatic carbocycles. The second kappa shape index (κ2) is 7.86. The van der Waals surface area contributed by atoms with Crippen molar-refractivity contribution in [2.75, 3.05) is 18.4 Å². The number of nitrogens with zero attached hydrogens (tertiary/aromatic N) is 4. The van der Waals surface area contributed by atoms with Crippen molar-refractivity contribution in [2.45, 2.75) is 25.7 Å². The van der Waals surface area contributed by atoms with Crippen molar-refractivity contribution in [3.05, 3.63) is 64.2 Å². The minimum Gasteiger partial charge on any atom is -0.339 e. The predicted octanol–water partition coefficient (Wildman–Crippen LogP) is 4.14. The molecule has 0 atom stereocenters. The minimum absolute atomic E-state index is 0.196. The zero-order valence-corrected chi connectivity index (χ0v) is 15.7. The lowest BCUT2D eigenvalue weighted by atomic mass is 10.1. The molecule has 1 N–H and O–H groups in total. The lowest BCUT2D eigenvalue weighted by Gasteiger charge is -2.20. The zero-order chi connectivity index (χ0) is 20.4. The molecule has 0 bridgehead atoms. The molecule has 0 aliphatic carbocycles. The number of imidazole rings is 1. The first-order valence-electron chi connectivity index (χ1n) is 9.50. The number of nitro benzene ring substituents is 1. The van der Waals surface area contributed by atoms with Crippen molar-refractivity contribution >= 4 is 28.7 Å². The number of anilines is 2. The van der Waals surface area contributed by atoms with Crippen LogP contribution in [0, 0.1) is 15.9 Å². The van der Waals surface area contributed by atoms with E-state index in [4.69, 9.17) is 0 Å². The standard InChI is InChI=1S/C20H20FN5O3/c21-15-6-8-18-22-12-19(25(18)13-15)23-16-7-5-14(11-17(16)26(28)29)20(27)24-9-3-1-2-4-10-24/h5-8,11-13,23H,1-4,9-10H2. The number of halogens is 1. The third kappa shape index (κ3) is 3.89. The van der Waals surface area contributed by atoms with E-state index in [1.54, 1.807) is 11.0 Å². The van der Waals surface area contributed by atoms with Crippen LogP contribution >= 0.6 is 0 Å². The molecule has 150 valence electrons. The summed E-state index contributed by atoms with van der Waals surface area (Å²) in [6.45, 7) is 1.33. The Bertz CT molecular complexity index is 1070. The predicted molar refractivity (Wildman–Crippen MR) is 106 cm³/mol. The summed E-state index contributed by atoms with van der Waals surface area (Å²) in [6.07, 6.45) is 6.78. The molecular weight excluding hydrogens is 377 g/mol. The van der Waals surface area contributed by atoms with Crippen LogP contribution in [0.25, 0.3) is 5.65 Å². The summed E-state index contributed by atoms with van der Waals surface area (Å²) >= 11 is 0. The number of nitrogens with one attached hydrogen (secondary N) is 1. The normalized spacial score (nSPS) is 14.6. The molecule has 1 saturated heterocycles. The molecular formula is C20H20FN5O3. The maximum absolute atomic E-state index is 13.6. The highest BCUT2D eigenvalue weighted by atomic mass is 19.1. The van der Waals surface area contributed by atoms with E-state index >= 15 is 0 Å². The Morgan fingerprint density at radius 1 is 1.14 bits per heavy atom. The zero-order valence-electron chi connectivity index (χ0n) is 15.7.